The maximum atomic E-state index is 10.00. The van der Waals surface area contributed by atoms with Gasteiger partial charge in [0.05, 0.1) is 17.8 Å². The van der Waals surface area contributed by atoms with Crippen LogP contribution in [-0.2, 0) is 4.94 Å². The third-order valence-electron chi connectivity index (χ3n) is 1.54. The van der Waals surface area contributed by atoms with Gasteiger partial charge in [0.25, 0.3) is 0 Å². The Morgan fingerprint density at radius 2 is 2.27 bits per heavy atom. The Bertz CT molecular complexity index is 373. The first-order valence-electron chi connectivity index (χ1n) is 3.75. The molecule has 0 heterocycles. The quantitative estimate of drug-likeness (QED) is 0.477. The Morgan fingerprint density at radius 3 is 2.73 bits per heavy atom. The molecule has 1 aromatic carbocycles. The molecule has 1 aromatic rings. The Hall–Kier alpha value is -1.73. The monoisotopic (exact) mass is 233 g/mol. The van der Waals surface area contributed by atoms with Gasteiger partial charge in [-0.15, -0.1) is 15.3 Å². The lowest BCUT2D eigenvalue weighted by molar-refractivity contribution is -0.762. The van der Waals surface area contributed by atoms with Crippen molar-refractivity contribution < 1.29 is 14.8 Å². The summed E-state index contributed by atoms with van der Waals surface area (Å²) in [5.41, 5.74) is 0.234. The van der Waals surface area contributed by atoms with Gasteiger partial charge in [-0.1, -0.05) is 11.6 Å². The molecule has 0 aromatic heterocycles. The fourth-order valence-corrected chi connectivity index (χ4v) is 1.16. The van der Waals surface area contributed by atoms with Crippen LogP contribution in [0.15, 0.2) is 18.2 Å². The predicted molar refractivity (Wildman–Crippen MR) is 52.7 cm³/mol. The van der Waals surface area contributed by atoms with Crippen molar-refractivity contribution in [1.82, 2.24) is 0 Å². The molecule has 8 heteroatoms. The lowest BCUT2D eigenvalue weighted by Gasteiger charge is -2.14. The zero-order valence-corrected chi connectivity index (χ0v) is 8.47. The molecule has 2 N–H and O–H groups in total. The molecule has 0 bridgehead atoms. The number of hydrogen-bond donors (Lipinski definition) is 1. The molecule has 0 unspecified atom stereocenters. The highest BCUT2D eigenvalue weighted by Gasteiger charge is 2.09. The van der Waals surface area contributed by atoms with Crippen LogP contribution in [0.3, 0.4) is 0 Å². The topological polar surface area (TPSA) is 90.9 Å². The molecule has 0 aliphatic rings. The van der Waals surface area contributed by atoms with Crippen LogP contribution in [0.2, 0.25) is 5.02 Å². The Balaban J connectivity index is 2.87. The number of nitrogens with two attached hydrogens (primary N) is 1. The smallest absolute Gasteiger partial charge is 0.318 e. The zero-order valence-electron chi connectivity index (χ0n) is 7.71. The van der Waals surface area contributed by atoms with Crippen molar-refractivity contribution >= 4 is 17.3 Å². The molecule has 0 fully saturated rings. The summed E-state index contributed by atoms with van der Waals surface area (Å²) in [6, 6.07) is 4.36. The maximum absolute atomic E-state index is 10.00. The van der Waals surface area contributed by atoms with E-state index in [1.165, 1.54) is 25.3 Å². The van der Waals surface area contributed by atoms with Crippen molar-refractivity contribution in [3.8, 4) is 5.75 Å². The second-order valence-electron chi connectivity index (χ2n) is 2.45. The fourth-order valence-electron chi connectivity index (χ4n) is 0.911. The molecule has 0 amide bonds. The third kappa shape index (κ3) is 2.86. The first-order valence-corrected chi connectivity index (χ1v) is 4.13. The molecule has 1 rings (SSSR count). The summed E-state index contributed by atoms with van der Waals surface area (Å²) >= 11 is 5.78. The largest absolute Gasteiger partial charge is 0.495 e. The van der Waals surface area contributed by atoms with E-state index >= 15 is 0 Å². The van der Waals surface area contributed by atoms with E-state index in [1.807, 2.05) is 0 Å². The minimum atomic E-state index is -1.03. The van der Waals surface area contributed by atoms with Crippen molar-refractivity contribution in [3.63, 3.8) is 0 Å². The first-order chi connectivity index (χ1) is 7.04. The molecule has 7 nitrogen and oxygen atoms in total. The van der Waals surface area contributed by atoms with Gasteiger partial charge in [-0.25, -0.2) is 5.84 Å². The van der Waals surface area contributed by atoms with Gasteiger partial charge in [0, 0.05) is 0 Å². The average molecular weight is 234 g/mol. The number of benzene rings is 1. The molecule has 0 saturated heterocycles. The summed E-state index contributed by atoms with van der Waals surface area (Å²) in [5.74, 6) is 5.67. The van der Waals surface area contributed by atoms with Crippen LogP contribution in [-0.4, -0.2) is 12.2 Å². The first kappa shape index (κ1) is 11.3. The minimum Gasteiger partial charge on any atom is -0.495 e. The number of anilines is 1. The highest BCUT2D eigenvalue weighted by atomic mass is 35.5. The fraction of sp³-hybridized carbons (Fsp3) is 0.143. The second-order valence-corrected chi connectivity index (χ2v) is 2.86. The third-order valence-corrected chi connectivity index (χ3v) is 1.84. The van der Waals surface area contributed by atoms with E-state index in [0.29, 0.717) is 10.9 Å². The highest BCUT2D eigenvalue weighted by Crippen LogP contribution is 2.28. The van der Waals surface area contributed by atoms with Gasteiger partial charge in [-0.05, 0) is 18.2 Å². The average Bonchev–Trinajstić information content (AvgIpc) is 2.16. The van der Waals surface area contributed by atoms with E-state index in [9.17, 15) is 10.1 Å². The van der Waals surface area contributed by atoms with Crippen molar-refractivity contribution in [2.75, 3.05) is 12.3 Å². The SMILES string of the molecule is COc1ccc(N(N)O[N+](=O)[O-])cc1Cl. The number of nitrogens with zero attached hydrogens (tertiary/aromatic N) is 2. The predicted octanol–water partition coefficient (Wildman–Crippen LogP) is 1.15. The van der Waals surface area contributed by atoms with Gasteiger partial charge in [-0.3, -0.25) is 0 Å². The maximum Gasteiger partial charge on any atom is 0.318 e. The lowest BCUT2D eigenvalue weighted by atomic mass is 10.3. The summed E-state index contributed by atoms with van der Waals surface area (Å²) in [7, 11) is 1.45. The van der Waals surface area contributed by atoms with Crippen LogP contribution < -0.4 is 15.8 Å². The summed E-state index contributed by atoms with van der Waals surface area (Å²) in [6.07, 6.45) is 0. The number of hydrazine groups is 1. The summed E-state index contributed by atoms with van der Waals surface area (Å²) in [4.78, 5) is 14.0. The van der Waals surface area contributed by atoms with Crippen molar-refractivity contribution in [1.29, 1.82) is 0 Å². The number of methoxy groups -OCH3 is 1. The number of ether oxygens (including phenoxy) is 1. The Kier molecular flexibility index (Phi) is 3.53. The molecule has 82 valence electrons. The standard InChI is InChI=1S/C7H8ClN3O4/c1-14-7-3-2-5(4-6(7)8)10(9)15-11(12)13/h2-4H,9H2,1H3. The van der Waals surface area contributed by atoms with Crippen LogP contribution in [0.1, 0.15) is 0 Å². The molecule has 15 heavy (non-hydrogen) atoms. The molecule has 0 saturated carbocycles. The molecule has 0 spiro atoms. The number of rotatable bonds is 4. The number of halogens is 1. The second kappa shape index (κ2) is 4.67. The van der Waals surface area contributed by atoms with Gasteiger partial charge < -0.3 is 4.74 Å². The van der Waals surface area contributed by atoms with E-state index in [-0.39, 0.29) is 10.7 Å². The molecule has 0 aliphatic carbocycles. The van der Waals surface area contributed by atoms with Crippen LogP contribution in [0.4, 0.5) is 5.69 Å². The molecule has 0 aliphatic heterocycles. The van der Waals surface area contributed by atoms with Crippen molar-refractivity contribution in [2.45, 2.75) is 0 Å². The van der Waals surface area contributed by atoms with Crippen LogP contribution >= 0.6 is 11.6 Å². The van der Waals surface area contributed by atoms with E-state index in [4.69, 9.17) is 22.2 Å². The van der Waals surface area contributed by atoms with Gasteiger partial charge >= 0.3 is 5.09 Å². The van der Waals surface area contributed by atoms with Gasteiger partial charge in [0.2, 0.25) is 0 Å². The van der Waals surface area contributed by atoms with Crippen LogP contribution in [0, 0.1) is 10.1 Å². The van der Waals surface area contributed by atoms with Crippen LogP contribution in [0.5, 0.6) is 5.75 Å². The van der Waals surface area contributed by atoms with E-state index < -0.39 is 5.09 Å². The van der Waals surface area contributed by atoms with Crippen LogP contribution in [0.25, 0.3) is 0 Å². The zero-order chi connectivity index (χ0) is 11.4. The van der Waals surface area contributed by atoms with Crippen molar-refractivity contribution in [3.05, 3.63) is 33.3 Å². The number of hydrogen-bond acceptors (Lipinski definition) is 6. The van der Waals surface area contributed by atoms with Gasteiger partial charge in [0.15, 0.2) is 0 Å². The van der Waals surface area contributed by atoms with E-state index in [0.717, 1.165) is 0 Å². The molecule has 0 radical (unpaired) electrons. The van der Waals surface area contributed by atoms with E-state index in [2.05, 4.69) is 4.94 Å². The normalized spacial score (nSPS) is 9.53. The summed E-state index contributed by atoms with van der Waals surface area (Å²) < 4.78 is 4.89. The Labute approximate surface area is 90.0 Å². The minimum absolute atomic E-state index is 0.234. The molecular weight excluding hydrogens is 226 g/mol. The van der Waals surface area contributed by atoms with Crippen molar-refractivity contribution in [2.24, 2.45) is 5.84 Å². The lowest BCUT2D eigenvalue weighted by Crippen LogP contribution is -2.33. The molecular formula is C7H8ClN3O4. The van der Waals surface area contributed by atoms with Gasteiger partial charge in [0.1, 0.15) is 5.75 Å². The highest BCUT2D eigenvalue weighted by molar-refractivity contribution is 6.32. The van der Waals surface area contributed by atoms with Gasteiger partial charge in [-0.2, -0.15) is 4.94 Å². The van der Waals surface area contributed by atoms with E-state index in [1.54, 1.807) is 0 Å². The molecule has 0 atom stereocenters. The summed E-state index contributed by atoms with van der Waals surface area (Å²) in [6.45, 7) is 0. The summed E-state index contributed by atoms with van der Waals surface area (Å²) in [5, 5.41) is 9.73. The Morgan fingerprint density at radius 1 is 1.60 bits per heavy atom.